The standard InChI is InChI=1S/C12H20N2O/c1-9(2)15-7-6-14-12-8-10(3)4-5-11(12)13/h4-5,8-9,14H,6-7,13H2,1-3H3. The molecule has 0 radical (unpaired) electrons. The lowest BCUT2D eigenvalue weighted by Gasteiger charge is -2.11. The Hall–Kier alpha value is -1.22. The molecule has 0 unspecified atom stereocenters. The highest BCUT2D eigenvalue weighted by molar-refractivity contribution is 5.66. The minimum absolute atomic E-state index is 0.279. The van der Waals surface area contributed by atoms with Crippen molar-refractivity contribution in [2.75, 3.05) is 24.2 Å². The molecule has 15 heavy (non-hydrogen) atoms. The normalized spacial score (nSPS) is 10.7. The molecule has 1 aromatic rings. The van der Waals surface area contributed by atoms with E-state index in [0.29, 0.717) is 6.61 Å². The van der Waals surface area contributed by atoms with Crippen LogP contribution in [0.2, 0.25) is 0 Å². The smallest absolute Gasteiger partial charge is 0.0642 e. The molecule has 0 aromatic heterocycles. The van der Waals surface area contributed by atoms with E-state index < -0.39 is 0 Å². The maximum Gasteiger partial charge on any atom is 0.0642 e. The molecule has 3 nitrogen and oxygen atoms in total. The third kappa shape index (κ3) is 4.21. The highest BCUT2D eigenvalue weighted by atomic mass is 16.5. The summed E-state index contributed by atoms with van der Waals surface area (Å²) < 4.78 is 5.43. The number of nitrogen functional groups attached to an aromatic ring is 1. The molecular formula is C12H20N2O. The van der Waals surface area contributed by atoms with Crippen LogP contribution >= 0.6 is 0 Å². The average molecular weight is 208 g/mol. The Morgan fingerprint density at radius 1 is 1.40 bits per heavy atom. The summed E-state index contributed by atoms with van der Waals surface area (Å²) in [4.78, 5) is 0. The van der Waals surface area contributed by atoms with Crippen LogP contribution in [0.1, 0.15) is 19.4 Å². The van der Waals surface area contributed by atoms with Crippen LogP contribution in [-0.4, -0.2) is 19.3 Å². The third-order valence-electron chi connectivity index (χ3n) is 2.08. The average Bonchev–Trinajstić information content (AvgIpc) is 2.17. The fourth-order valence-electron chi connectivity index (χ4n) is 1.30. The molecule has 0 aliphatic rings. The van der Waals surface area contributed by atoms with Crippen molar-refractivity contribution in [3.63, 3.8) is 0 Å². The first-order valence-electron chi connectivity index (χ1n) is 5.31. The second kappa shape index (κ2) is 5.61. The Morgan fingerprint density at radius 2 is 2.13 bits per heavy atom. The van der Waals surface area contributed by atoms with E-state index in [1.165, 1.54) is 5.56 Å². The first-order valence-corrected chi connectivity index (χ1v) is 5.31. The topological polar surface area (TPSA) is 47.3 Å². The number of hydrogen-bond acceptors (Lipinski definition) is 3. The maximum absolute atomic E-state index is 5.83. The Bertz CT molecular complexity index is 310. The van der Waals surface area contributed by atoms with Gasteiger partial charge in [0.25, 0.3) is 0 Å². The molecular weight excluding hydrogens is 188 g/mol. The molecule has 3 N–H and O–H groups in total. The summed E-state index contributed by atoms with van der Waals surface area (Å²) >= 11 is 0. The quantitative estimate of drug-likeness (QED) is 0.577. The number of aryl methyl sites for hydroxylation is 1. The first-order chi connectivity index (χ1) is 7.09. The predicted molar refractivity (Wildman–Crippen MR) is 65.2 cm³/mol. The van der Waals surface area contributed by atoms with Crippen LogP contribution in [-0.2, 0) is 4.74 Å². The van der Waals surface area contributed by atoms with E-state index >= 15 is 0 Å². The van der Waals surface area contributed by atoms with Crippen LogP contribution < -0.4 is 11.1 Å². The van der Waals surface area contributed by atoms with Crippen molar-refractivity contribution in [3.05, 3.63) is 23.8 Å². The Morgan fingerprint density at radius 3 is 2.80 bits per heavy atom. The first kappa shape index (κ1) is 11.9. The van der Waals surface area contributed by atoms with Crippen molar-refractivity contribution in [3.8, 4) is 0 Å². The lowest BCUT2D eigenvalue weighted by Crippen LogP contribution is -2.13. The Labute approximate surface area is 91.6 Å². The molecule has 0 aliphatic heterocycles. The minimum atomic E-state index is 0.279. The Kier molecular flexibility index (Phi) is 4.43. The van der Waals surface area contributed by atoms with Gasteiger partial charge in [-0.15, -0.1) is 0 Å². The van der Waals surface area contributed by atoms with Gasteiger partial charge in [-0.05, 0) is 38.5 Å². The number of ether oxygens (including phenoxy) is 1. The van der Waals surface area contributed by atoms with E-state index in [9.17, 15) is 0 Å². The molecule has 0 bridgehead atoms. The van der Waals surface area contributed by atoms with Crippen LogP contribution in [0.5, 0.6) is 0 Å². The largest absolute Gasteiger partial charge is 0.397 e. The molecule has 1 rings (SSSR count). The van der Waals surface area contributed by atoms with E-state index in [-0.39, 0.29) is 6.10 Å². The molecule has 0 heterocycles. The molecule has 0 fully saturated rings. The second-order valence-electron chi connectivity index (χ2n) is 3.94. The molecule has 0 spiro atoms. The van der Waals surface area contributed by atoms with Crippen molar-refractivity contribution < 1.29 is 4.74 Å². The van der Waals surface area contributed by atoms with Crippen molar-refractivity contribution in [1.82, 2.24) is 0 Å². The third-order valence-corrected chi connectivity index (χ3v) is 2.08. The van der Waals surface area contributed by atoms with Crippen LogP contribution in [0.3, 0.4) is 0 Å². The van der Waals surface area contributed by atoms with E-state index in [1.807, 2.05) is 32.0 Å². The number of nitrogens with two attached hydrogens (primary N) is 1. The number of nitrogens with one attached hydrogen (secondary N) is 1. The molecule has 0 atom stereocenters. The summed E-state index contributed by atoms with van der Waals surface area (Å²) in [5.74, 6) is 0. The van der Waals surface area contributed by atoms with Gasteiger partial charge < -0.3 is 15.8 Å². The summed E-state index contributed by atoms with van der Waals surface area (Å²) in [6.45, 7) is 7.59. The summed E-state index contributed by atoms with van der Waals surface area (Å²) in [7, 11) is 0. The maximum atomic E-state index is 5.83. The summed E-state index contributed by atoms with van der Waals surface area (Å²) in [6.07, 6.45) is 0.279. The van der Waals surface area contributed by atoms with Gasteiger partial charge in [-0.2, -0.15) is 0 Å². The molecule has 0 amide bonds. The SMILES string of the molecule is Cc1ccc(N)c(NCCOC(C)C)c1. The van der Waals surface area contributed by atoms with Crippen molar-refractivity contribution >= 4 is 11.4 Å². The number of hydrogen-bond donors (Lipinski definition) is 2. The molecule has 1 aromatic carbocycles. The van der Waals surface area contributed by atoms with Crippen molar-refractivity contribution in [2.45, 2.75) is 26.9 Å². The lowest BCUT2D eigenvalue weighted by atomic mass is 10.2. The number of rotatable bonds is 5. The second-order valence-corrected chi connectivity index (χ2v) is 3.94. The number of anilines is 2. The van der Waals surface area contributed by atoms with E-state index in [4.69, 9.17) is 10.5 Å². The Balaban J connectivity index is 2.40. The van der Waals surface area contributed by atoms with Gasteiger partial charge in [0.2, 0.25) is 0 Å². The van der Waals surface area contributed by atoms with E-state index in [1.54, 1.807) is 0 Å². The molecule has 0 saturated heterocycles. The lowest BCUT2D eigenvalue weighted by molar-refractivity contribution is 0.0870. The predicted octanol–water partition coefficient (Wildman–Crippen LogP) is 2.41. The summed E-state index contributed by atoms with van der Waals surface area (Å²) in [6, 6.07) is 5.97. The fourth-order valence-corrected chi connectivity index (χ4v) is 1.30. The highest BCUT2D eigenvalue weighted by Gasteiger charge is 1.98. The van der Waals surface area contributed by atoms with Gasteiger partial charge in [0.05, 0.1) is 24.1 Å². The fraction of sp³-hybridized carbons (Fsp3) is 0.500. The van der Waals surface area contributed by atoms with Crippen molar-refractivity contribution in [2.24, 2.45) is 0 Å². The van der Waals surface area contributed by atoms with Gasteiger partial charge in [0.15, 0.2) is 0 Å². The van der Waals surface area contributed by atoms with Crippen molar-refractivity contribution in [1.29, 1.82) is 0 Å². The van der Waals surface area contributed by atoms with Gasteiger partial charge in [0.1, 0.15) is 0 Å². The summed E-state index contributed by atoms with van der Waals surface area (Å²) in [5, 5.41) is 3.26. The highest BCUT2D eigenvalue weighted by Crippen LogP contribution is 2.18. The van der Waals surface area contributed by atoms with Crippen LogP contribution in [0, 0.1) is 6.92 Å². The zero-order chi connectivity index (χ0) is 11.3. The summed E-state index contributed by atoms with van der Waals surface area (Å²) in [5.41, 5.74) is 8.80. The zero-order valence-electron chi connectivity index (χ0n) is 9.71. The molecule has 0 saturated carbocycles. The molecule has 84 valence electrons. The van der Waals surface area contributed by atoms with Gasteiger partial charge in [-0.3, -0.25) is 0 Å². The molecule has 3 heteroatoms. The van der Waals surface area contributed by atoms with Crippen LogP contribution in [0.15, 0.2) is 18.2 Å². The van der Waals surface area contributed by atoms with E-state index in [0.717, 1.165) is 17.9 Å². The minimum Gasteiger partial charge on any atom is -0.397 e. The van der Waals surface area contributed by atoms with Crippen LogP contribution in [0.25, 0.3) is 0 Å². The van der Waals surface area contributed by atoms with Gasteiger partial charge in [-0.25, -0.2) is 0 Å². The van der Waals surface area contributed by atoms with Crippen LogP contribution in [0.4, 0.5) is 11.4 Å². The van der Waals surface area contributed by atoms with E-state index in [2.05, 4.69) is 12.2 Å². The molecule has 0 aliphatic carbocycles. The number of benzene rings is 1. The zero-order valence-corrected chi connectivity index (χ0v) is 9.71. The van der Waals surface area contributed by atoms with Gasteiger partial charge >= 0.3 is 0 Å². The van der Waals surface area contributed by atoms with Gasteiger partial charge in [-0.1, -0.05) is 6.07 Å². The van der Waals surface area contributed by atoms with Gasteiger partial charge in [0, 0.05) is 6.54 Å². The monoisotopic (exact) mass is 208 g/mol.